The lowest BCUT2D eigenvalue weighted by atomic mass is 9.93. The van der Waals surface area contributed by atoms with Gasteiger partial charge in [0.25, 0.3) is 5.91 Å². The van der Waals surface area contributed by atoms with Crippen LogP contribution in [0.25, 0.3) is 22.2 Å². The van der Waals surface area contributed by atoms with Gasteiger partial charge in [-0.2, -0.15) is 0 Å². The van der Waals surface area contributed by atoms with E-state index < -0.39 is 5.82 Å². The molecule has 0 spiro atoms. The molecule has 7 heteroatoms. The van der Waals surface area contributed by atoms with E-state index in [1.54, 1.807) is 43.5 Å². The number of fused-ring (bicyclic) bond motifs is 1. The topological polar surface area (TPSA) is 88.0 Å². The van der Waals surface area contributed by atoms with Gasteiger partial charge in [0, 0.05) is 39.8 Å². The molecule has 2 heterocycles. The number of carbonyl (C=O) groups is 2. The fourth-order valence-electron chi connectivity index (χ4n) is 3.88. The van der Waals surface area contributed by atoms with Gasteiger partial charge in [0.15, 0.2) is 0 Å². The van der Waals surface area contributed by atoms with Crippen LogP contribution in [0.15, 0.2) is 53.2 Å². The minimum atomic E-state index is -0.420. The van der Waals surface area contributed by atoms with Crippen molar-refractivity contribution in [1.82, 2.24) is 15.5 Å². The number of halogens is 1. The summed E-state index contributed by atoms with van der Waals surface area (Å²) in [6.45, 7) is 1.65. The van der Waals surface area contributed by atoms with Crippen LogP contribution in [0, 0.1) is 12.7 Å². The Labute approximate surface area is 177 Å². The molecule has 0 bridgehead atoms. The Kier molecular flexibility index (Phi) is 4.66. The van der Waals surface area contributed by atoms with Gasteiger partial charge in [0.1, 0.15) is 17.3 Å². The quantitative estimate of drug-likeness (QED) is 0.457. The summed E-state index contributed by atoms with van der Waals surface area (Å²) in [5, 5.41) is 7.70. The first kappa shape index (κ1) is 19.2. The molecule has 1 aliphatic carbocycles. The summed E-state index contributed by atoms with van der Waals surface area (Å²) in [7, 11) is 0. The molecule has 1 amide bonds. The first-order valence-electron chi connectivity index (χ1n) is 10.2. The number of hydrogen-bond acceptors (Lipinski definition) is 4. The summed E-state index contributed by atoms with van der Waals surface area (Å²) in [6, 6.07) is 11.4. The van der Waals surface area contributed by atoms with Crippen LogP contribution >= 0.6 is 0 Å². The Morgan fingerprint density at radius 2 is 2.03 bits per heavy atom. The number of amides is 1. The number of benzene rings is 2. The molecule has 2 N–H and O–H groups in total. The van der Waals surface area contributed by atoms with Gasteiger partial charge in [-0.3, -0.25) is 9.59 Å². The number of rotatable bonds is 5. The van der Waals surface area contributed by atoms with Crippen LogP contribution in [0.3, 0.4) is 0 Å². The predicted octanol–water partition coefficient (Wildman–Crippen LogP) is 4.78. The number of aromatic nitrogens is 2. The van der Waals surface area contributed by atoms with Gasteiger partial charge in [-0.15, -0.1) is 0 Å². The van der Waals surface area contributed by atoms with Gasteiger partial charge in [0.05, 0.1) is 5.56 Å². The Morgan fingerprint density at radius 3 is 2.77 bits per heavy atom. The number of H-pyrrole nitrogens is 1. The van der Waals surface area contributed by atoms with Crippen molar-refractivity contribution in [3.05, 3.63) is 76.9 Å². The molecule has 0 radical (unpaired) electrons. The highest BCUT2D eigenvalue weighted by Gasteiger charge is 2.26. The van der Waals surface area contributed by atoms with Gasteiger partial charge in [-0.25, -0.2) is 4.39 Å². The molecule has 1 saturated carbocycles. The summed E-state index contributed by atoms with van der Waals surface area (Å²) in [5.74, 6) is -0.459. The molecule has 2 aromatic carbocycles. The fourth-order valence-corrected chi connectivity index (χ4v) is 3.88. The highest BCUT2D eigenvalue weighted by atomic mass is 19.1. The molecule has 4 aromatic rings. The molecule has 5 rings (SSSR count). The minimum Gasteiger partial charge on any atom is -0.360 e. The van der Waals surface area contributed by atoms with Crippen molar-refractivity contribution in [2.75, 3.05) is 0 Å². The summed E-state index contributed by atoms with van der Waals surface area (Å²) < 4.78 is 19.0. The largest absolute Gasteiger partial charge is 0.360 e. The van der Waals surface area contributed by atoms with E-state index in [1.165, 1.54) is 12.1 Å². The van der Waals surface area contributed by atoms with E-state index in [0.29, 0.717) is 44.6 Å². The smallest absolute Gasteiger partial charge is 0.251 e. The predicted molar refractivity (Wildman–Crippen MR) is 113 cm³/mol. The second-order valence-corrected chi connectivity index (χ2v) is 7.87. The Hall–Kier alpha value is -3.74. The number of nitrogens with one attached hydrogen (secondary N) is 2. The lowest BCUT2D eigenvalue weighted by Gasteiger charge is -2.26. The lowest BCUT2D eigenvalue weighted by molar-refractivity contribution is 0.0916. The number of aryl methyl sites for hydroxylation is 1. The summed E-state index contributed by atoms with van der Waals surface area (Å²) >= 11 is 0. The van der Waals surface area contributed by atoms with Gasteiger partial charge in [-0.05, 0) is 50.5 Å². The molecule has 0 aliphatic heterocycles. The SMILES string of the molecule is Cc1onc(-c2cccc(F)c2)c1C(=O)c1c[nH]c2cc(C(=O)NC3CCC3)ccc12. The van der Waals surface area contributed by atoms with Crippen LogP contribution < -0.4 is 5.32 Å². The van der Waals surface area contributed by atoms with Gasteiger partial charge < -0.3 is 14.8 Å². The minimum absolute atomic E-state index is 0.114. The number of nitrogens with zero attached hydrogens (tertiary/aromatic N) is 1. The second-order valence-electron chi connectivity index (χ2n) is 7.87. The van der Waals surface area contributed by atoms with Crippen molar-refractivity contribution in [3.63, 3.8) is 0 Å². The average Bonchev–Trinajstić information content (AvgIpc) is 3.33. The van der Waals surface area contributed by atoms with Crippen molar-refractivity contribution < 1.29 is 18.5 Å². The highest BCUT2D eigenvalue weighted by molar-refractivity contribution is 6.19. The number of carbonyl (C=O) groups excluding carboxylic acids is 2. The number of hydrogen-bond donors (Lipinski definition) is 2. The van der Waals surface area contributed by atoms with Gasteiger partial charge >= 0.3 is 0 Å². The van der Waals surface area contributed by atoms with Crippen molar-refractivity contribution in [1.29, 1.82) is 0 Å². The monoisotopic (exact) mass is 417 g/mol. The van der Waals surface area contributed by atoms with E-state index in [0.717, 1.165) is 19.3 Å². The van der Waals surface area contributed by atoms with Crippen LogP contribution in [0.2, 0.25) is 0 Å². The summed E-state index contributed by atoms with van der Waals surface area (Å²) in [6.07, 6.45) is 4.79. The standard InChI is InChI=1S/C24H20FN3O3/c1-13-21(22(28-31-13)14-4-2-5-16(25)10-14)23(29)19-12-26-20-11-15(8-9-18(19)20)24(30)27-17-6-3-7-17/h2,4-5,8-12,17,26H,3,6-7H2,1H3,(H,27,30). The highest BCUT2D eigenvalue weighted by Crippen LogP contribution is 2.30. The van der Waals surface area contributed by atoms with Gasteiger partial charge in [0.2, 0.25) is 5.78 Å². The van der Waals surface area contributed by atoms with E-state index in [4.69, 9.17) is 4.52 Å². The van der Waals surface area contributed by atoms with Crippen LogP contribution in [0.4, 0.5) is 4.39 Å². The van der Waals surface area contributed by atoms with E-state index in [2.05, 4.69) is 15.5 Å². The zero-order valence-electron chi connectivity index (χ0n) is 16.9. The normalized spacial score (nSPS) is 13.9. The van der Waals surface area contributed by atoms with Crippen LogP contribution in [-0.2, 0) is 0 Å². The van der Waals surface area contributed by atoms with Crippen LogP contribution in [-0.4, -0.2) is 27.9 Å². The van der Waals surface area contributed by atoms with Gasteiger partial charge in [-0.1, -0.05) is 23.4 Å². The Balaban J connectivity index is 1.50. The van der Waals surface area contributed by atoms with E-state index in [1.807, 2.05) is 0 Å². The molecule has 156 valence electrons. The maximum atomic E-state index is 13.7. The first-order chi connectivity index (χ1) is 15.0. The molecule has 31 heavy (non-hydrogen) atoms. The molecule has 0 atom stereocenters. The third kappa shape index (κ3) is 3.42. The van der Waals surface area contributed by atoms with Crippen LogP contribution in [0.5, 0.6) is 0 Å². The van der Waals surface area contributed by atoms with Crippen molar-refractivity contribution in [2.24, 2.45) is 0 Å². The fraction of sp³-hybridized carbons (Fsp3) is 0.208. The van der Waals surface area contributed by atoms with Crippen LogP contribution in [0.1, 0.15) is 51.3 Å². The molecular formula is C24H20FN3O3. The second kappa shape index (κ2) is 7.50. The average molecular weight is 417 g/mol. The molecule has 2 aromatic heterocycles. The van der Waals surface area contributed by atoms with Crippen molar-refractivity contribution in [3.8, 4) is 11.3 Å². The third-order valence-electron chi connectivity index (χ3n) is 5.82. The maximum Gasteiger partial charge on any atom is 0.251 e. The van der Waals surface area contributed by atoms with E-state index in [9.17, 15) is 14.0 Å². The summed E-state index contributed by atoms with van der Waals surface area (Å²) in [4.78, 5) is 28.9. The molecule has 1 fully saturated rings. The number of ketones is 1. The number of aromatic amines is 1. The first-order valence-corrected chi connectivity index (χ1v) is 10.2. The third-order valence-corrected chi connectivity index (χ3v) is 5.82. The summed E-state index contributed by atoms with van der Waals surface area (Å²) in [5.41, 5.74) is 2.72. The molecule has 1 aliphatic rings. The maximum absolute atomic E-state index is 13.7. The lowest BCUT2D eigenvalue weighted by Crippen LogP contribution is -2.39. The van der Waals surface area contributed by atoms with E-state index in [-0.39, 0.29) is 17.7 Å². The molecular weight excluding hydrogens is 397 g/mol. The zero-order valence-corrected chi connectivity index (χ0v) is 16.9. The molecule has 0 unspecified atom stereocenters. The Bertz CT molecular complexity index is 1320. The van der Waals surface area contributed by atoms with E-state index >= 15 is 0 Å². The molecule has 6 nitrogen and oxygen atoms in total. The Morgan fingerprint density at radius 1 is 1.19 bits per heavy atom. The van der Waals surface area contributed by atoms with Crippen molar-refractivity contribution >= 4 is 22.6 Å². The zero-order chi connectivity index (χ0) is 21.5. The molecule has 0 saturated heterocycles. The van der Waals surface area contributed by atoms with Crippen molar-refractivity contribution in [2.45, 2.75) is 32.2 Å².